The normalized spacial score (nSPS) is 11.6. The minimum absolute atomic E-state index is 0.391. The van der Waals surface area contributed by atoms with Crippen LogP contribution in [0.25, 0.3) is 16.9 Å². The summed E-state index contributed by atoms with van der Waals surface area (Å²) in [7, 11) is 1.61. The summed E-state index contributed by atoms with van der Waals surface area (Å²) in [6, 6.07) is 8.14. The second-order valence-electron chi connectivity index (χ2n) is 6.80. The van der Waals surface area contributed by atoms with Crippen LogP contribution in [0.2, 0.25) is 0 Å². The summed E-state index contributed by atoms with van der Waals surface area (Å²) in [5.74, 6) is 0.665. The molecule has 1 aromatic carbocycles. The standard InChI is InChI=1S/C19H22N6O2/c1-11-7-5-6-8-14(11)20-9-10-24-12(2)13(3)25-15-16(21-18(24)25)23(4)19(27)22-17(15)26/h5-8,20H,9-10H2,1-4H3,(H,22,26,27). The maximum Gasteiger partial charge on any atom is 0.329 e. The molecule has 0 aliphatic rings. The Morgan fingerprint density at radius 1 is 1.11 bits per heavy atom. The summed E-state index contributed by atoms with van der Waals surface area (Å²) < 4.78 is 5.27. The summed E-state index contributed by atoms with van der Waals surface area (Å²) in [5, 5.41) is 3.45. The Balaban J connectivity index is 1.78. The molecule has 0 spiro atoms. The summed E-state index contributed by atoms with van der Waals surface area (Å²) in [6.45, 7) is 7.44. The van der Waals surface area contributed by atoms with E-state index in [9.17, 15) is 9.59 Å². The maximum absolute atomic E-state index is 12.4. The third kappa shape index (κ3) is 2.56. The van der Waals surface area contributed by atoms with Crippen LogP contribution in [-0.4, -0.2) is 30.0 Å². The highest BCUT2D eigenvalue weighted by Crippen LogP contribution is 2.20. The van der Waals surface area contributed by atoms with Crippen molar-refractivity contribution in [2.24, 2.45) is 7.05 Å². The van der Waals surface area contributed by atoms with E-state index < -0.39 is 11.2 Å². The molecule has 27 heavy (non-hydrogen) atoms. The lowest BCUT2D eigenvalue weighted by Crippen LogP contribution is -2.28. The summed E-state index contributed by atoms with van der Waals surface area (Å²) in [4.78, 5) is 31.2. The molecule has 0 aliphatic heterocycles. The molecule has 0 saturated heterocycles. The topological polar surface area (TPSA) is 89.1 Å². The van der Waals surface area contributed by atoms with Gasteiger partial charge >= 0.3 is 5.69 Å². The second kappa shape index (κ2) is 6.15. The predicted octanol–water partition coefficient (Wildman–Crippen LogP) is 1.71. The van der Waals surface area contributed by atoms with E-state index in [0.717, 1.165) is 17.1 Å². The monoisotopic (exact) mass is 366 g/mol. The van der Waals surface area contributed by atoms with Crippen LogP contribution in [-0.2, 0) is 13.6 Å². The van der Waals surface area contributed by atoms with Crippen molar-refractivity contribution in [1.82, 2.24) is 23.5 Å². The van der Waals surface area contributed by atoms with Gasteiger partial charge in [0.15, 0.2) is 11.2 Å². The number of aryl methyl sites for hydroxylation is 3. The van der Waals surface area contributed by atoms with Crippen LogP contribution in [0.3, 0.4) is 0 Å². The Hall–Kier alpha value is -3.29. The van der Waals surface area contributed by atoms with Crippen molar-refractivity contribution in [2.45, 2.75) is 27.3 Å². The fourth-order valence-electron chi connectivity index (χ4n) is 3.52. The largest absolute Gasteiger partial charge is 0.383 e. The van der Waals surface area contributed by atoms with E-state index in [0.29, 0.717) is 30.0 Å². The Morgan fingerprint density at radius 3 is 2.59 bits per heavy atom. The highest BCUT2D eigenvalue weighted by Gasteiger charge is 2.20. The number of imidazole rings is 2. The zero-order valence-corrected chi connectivity index (χ0v) is 15.8. The lowest BCUT2D eigenvalue weighted by atomic mass is 10.2. The van der Waals surface area contributed by atoms with Crippen molar-refractivity contribution in [3.05, 3.63) is 62.1 Å². The minimum Gasteiger partial charge on any atom is -0.383 e. The van der Waals surface area contributed by atoms with Crippen LogP contribution in [0.15, 0.2) is 33.9 Å². The van der Waals surface area contributed by atoms with Crippen molar-refractivity contribution < 1.29 is 0 Å². The Bertz CT molecular complexity index is 1290. The smallest absolute Gasteiger partial charge is 0.329 e. The van der Waals surface area contributed by atoms with Gasteiger partial charge in [0.2, 0.25) is 5.78 Å². The van der Waals surface area contributed by atoms with Gasteiger partial charge in [0.1, 0.15) is 0 Å². The minimum atomic E-state index is -0.463. The zero-order valence-electron chi connectivity index (χ0n) is 15.8. The molecular weight excluding hydrogens is 344 g/mol. The van der Waals surface area contributed by atoms with Crippen LogP contribution in [0.4, 0.5) is 5.69 Å². The fourth-order valence-corrected chi connectivity index (χ4v) is 3.52. The zero-order chi connectivity index (χ0) is 19.3. The van der Waals surface area contributed by atoms with Crippen LogP contribution in [0.5, 0.6) is 0 Å². The van der Waals surface area contributed by atoms with E-state index in [2.05, 4.69) is 38.9 Å². The average molecular weight is 366 g/mol. The summed E-state index contributed by atoms with van der Waals surface area (Å²) in [5.41, 5.74) is 4.18. The van der Waals surface area contributed by atoms with Crippen molar-refractivity contribution >= 4 is 22.6 Å². The first kappa shape index (κ1) is 17.1. The number of hydrogen-bond donors (Lipinski definition) is 2. The number of rotatable bonds is 4. The van der Waals surface area contributed by atoms with Crippen molar-refractivity contribution in [2.75, 3.05) is 11.9 Å². The number of anilines is 1. The molecule has 140 valence electrons. The molecule has 3 heterocycles. The fraction of sp³-hybridized carbons (Fsp3) is 0.316. The van der Waals surface area contributed by atoms with Crippen molar-refractivity contribution in [3.63, 3.8) is 0 Å². The number of nitrogens with zero attached hydrogens (tertiary/aromatic N) is 4. The molecule has 0 atom stereocenters. The summed E-state index contributed by atoms with van der Waals surface area (Å²) >= 11 is 0. The molecule has 0 saturated carbocycles. The lowest BCUT2D eigenvalue weighted by molar-refractivity contribution is 0.722. The number of hydrogen-bond acceptors (Lipinski definition) is 4. The van der Waals surface area contributed by atoms with Crippen molar-refractivity contribution in [1.29, 1.82) is 0 Å². The first-order valence-electron chi connectivity index (χ1n) is 8.87. The predicted molar refractivity (Wildman–Crippen MR) is 106 cm³/mol. The van der Waals surface area contributed by atoms with Gasteiger partial charge < -0.3 is 9.88 Å². The van der Waals surface area contributed by atoms with Gasteiger partial charge in [-0.2, -0.15) is 4.98 Å². The molecule has 0 aliphatic carbocycles. The van der Waals surface area contributed by atoms with Crippen LogP contribution in [0, 0.1) is 20.8 Å². The molecule has 0 unspecified atom stereocenters. The average Bonchev–Trinajstić information content (AvgIpc) is 3.13. The first-order valence-corrected chi connectivity index (χ1v) is 8.87. The lowest BCUT2D eigenvalue weighted by Gasteiger charge is -2.11. The highest BCUT2D eigenvalue weighted by molar-refractivity contribution is 5.76. The third-order valence-corrected chi connectivity index (χ3v) is 5.20. The van der Waals surface area contributed by atoms with E-state index in [-0.39, 0.29) is 0 Å². The van der Waals surface area contributed by atoms with Gasteiger partial charge in [-0.05, 0) is 32.4 Å². The molecule has 4 aromatic rings. The first-order chi connectivity index (χ1) is 12.9. The Kier molecular flexibility index (Phi) is 3.91. The quantitative estimate of drug-likeness (QED) is 0.575. The number of nitrogens with one attached hydrogen (secondary N) is 2. The van der Waals surface area contributed by atoms with Gasteiger partial charge in [0, 0.05) is 37.2 Å². The van der Waals surface area contributed by atoms with Crippen LogP contribution in [0.1, 0.15) is 17.0 Å². The molecule has 0 bridgehead atoms. The van der Waals surface area contributed by atoms with Crippen molar-refractivity contribution in [3.8, 4) is 0 Å². The SMILES string of the molecule is Cc1ccccc1NCCn1c(C)c(C)n2c3c(=O)[nH]c(=O)n(C)c3nc12. The van der Waals surface area contributed by atoms with E-state index in [4.69, 9.17) is 0 Å². The van der Waals surface area contributed by atoms with Gasteiger partial charge in [0.05, 0.1) is 0 Å². The molecule has 2 N–H and O–H groups in total. The van der Waals surface area contributed by atoms with Gasteiger partial charge in [-0.25, -0.2) is 4.79 Å². The van der Waals surface area contributed by atoms with Gasteiger partial charge in [0.25, 0.3) is 5.56 Å². The maximum atomic E-state index is 12.4. The number of H-pyrrole nitrogens is 1. The molecule has 0 fully saturated rings. The van der Waals surface area contributed by atoms with E-state index in [1.807, 2.05) is 30.4 Å². The Labute approximate surface area is 155 Å². The Morgan fingerprint density at radius 2 is 1.85 bits per heavy atom. The molecule has 8 nitrogen and oxygen atoms in total. The van der Waals surface area contributed by atoms with Gasteiger partial charge in [-0.1, -0.05) is 18.2 Å². The van der Waals surface area contributed by atoms with Gasteiger partial charge in [-0.3, -0.25) is 18.7 Å². The number of aromatic amines is 1. The molecule has 0 amide bonds. The highest BCUT2D eigenvalue weighted by atomic mass is 16.2. The van der Waals surface area contributed by atoms with Gasteiger partial charge in [-0.15, -0.1) is 0 Å². The number of aromatic nitrogens is 5. The number of para-hydroxylation sites is 1. The third-order valence-electron chi connectivity index (χ3n) is 5.20. The number of benzene rings is 1. The van der Waals surface area contributed by atoms with Crippen LogP contribution >= 0.6 is 0 Å². The summed E-state index contributed by atoms with van der Waals surface area (Å²) in [6.07, 6.45) is 0. The van der Waals surface area contributed by atoms with E-state index >= 15 is 0 Å². The molecule has 4 rings (SSSR count). The molecule has 3 aromatic heterocycles. The molecular formula is C19H22N6O2. The number of fused-ring (bicyclic) bond motifs is 3. The van der Waals surface area contributed by atoms with E-state index in [1.54, 1.807) is 7.05 Å². The van der Waals surface area contributed by atoms with Crippen LogP contribution < -0.4 is 16.6 Å². The molecule has 0 radical (unpaired) electrons. The molecule has 8 heteroatoms. The second-order valence-corrected chi connectivity index (χ2v) is 6.80. The van der Waals surface area contributed by atoms with E-state index in [1.165, 1.54) is 10.1 Å².